The minimum Gasteiger partial charge on any atom is -0.391 e. The molecule has 1 aromatic heterocycles. The van der Waals surface area contributed by atoms with Gasteiger partial charge in [-0.2, -0.15) is 0 Å². The fourth-order valence-corrected chi connectivity index (χ4v) is 1.57. The molecule has 0 aliphatic heterocycles. The summed E-state index contributed by atoms with van der Waals surface area (Å²) in [4.78, 5) is 13.2. The van der Waals surface area contributed by atoms with Gasteiger partial charge in [-0.05, 0) is 11.6 Å². The zero-order valence-electron chi connectivity index (χ0n) is 7.06. The number of halogens is 3. The minimum atomic E-state index is -2.71. The summed E-state index contributed by atoms with van der Waals surface area (Å²) in [7, 11) is 0. The number of hydrogen-bond acceptors (Lipinski definition) is 2. The van der Waals surface area contributed by atoms with Gasteiger partial charge in [0.25, 0.3) is 12.0 Å². The van der Waals surface area contributed by atoms with E-state index in [9.17, 15) is 13.6 Å². The SMILES string of the molecule is O=c1[nH]c(C(F)F)cc(CBr)c1CO. The van der Waals surface area contributed by atoms with Gasteiger partial charge in [-0.15, -0.1) is 0 Å². The third-order valence-electron chi connectivity index (χ3n) is 1.79. The Hall–Kier alpha value is -0.750. The van der Waals surface area contributed by atoms with Crippen LogP contribution in [0.4, 0.5) is 8.78 Å². The highest BCUT2D eigenvalue weighted by Crippen LogP contribution is 2.18. The average molecular weight is 268 g/mol. The van der Waals surface area contributed by atoms with Gasteiger partial charge < -0.3 is 10.1 Å². The molecule has 1 aromatic rings. The van der Waals surface area contributed by atoms with E-state index in [0.717, 1.165) is 0 Å². The zero-order chi connectivity index (χ0) is 10.7. The first-order chi connectivity index (χ1) is 6.60. The van der Waals surface area contributed by atoms with Gasteiger partial charge in [0.1, 0.15) is 0 Å². The number of aliphatic hydroxyl groups is 1. The zero-order valence-corrected chi connectivity index (χ0v) is 8.64. The van der Waals surface area contributed by atoms with E-state index in [4.69, 9.17) is 5.11 Å². The van der Waals surface area contributed by atoms with Crippen molar-refractivity contribution in [2.75, 3.05) is 0 Å². The first kappa shape index (κ1) is 11.3. The molecule has 0 saturated carbocycles. The summed E-state index contributed by atoms with van der Waals surface area (Å²) in [6, 6.07) is 1.17. The number of aliphatic hydroxyl groups excluding tert-OH is 1. The third kappa shape index (κ3) is 2.19. The molecule has 0 radical (unpaired) electrons. The summed E-state index contributed by atoms with van der Waals surface area (Å²) in [6.45, 7) is -0.459. The maximum Gasteiger partial charge on any atom is 0.278 e. The number of rotatable bonds is 3. The first-order valence-corrected chi connectivity index (χ1v) is 4.92. The van der Waals surface area contributed by atoms with Crippen LogP contribution in [0.1, 0.15) is 23.2 Å². The Kier molecular flexibility index (Phi) is 3.77. The summed E-state index contributed by atoms with van der Waals surface area (Å²) in [5, 5.41) is 9.09. The van der Waals surface area contributed by atoms with E-state index in [2.05, 4.69) is 15.9 Å². The molecule has 0 spiro atoms. The Balaban J connectivity index is 3.32. The van der Waals surface area contributed by atoms with Crippen LogP contribution in [0.15, 0.2) is 10.9 Å². The van der Waals surface area contributed by atoms with Gasteiger partial charge in [-0.3, -0.25) is 4.79 Å². The monoisotopic (exact) mass is 267 g/mol. The summed E-state index contributed by atoms with van der Waals surface area (Å²) < 4.78 is 24.5. The van der Waals surface area contributed by atoms with Crippen molar-refractivity contribution in [2.45, 2.75) is 18.4 Å². The molecular formula is C8H8BrF2NO2. The molecule has 3 nitrogen and oxygen atoms in total. The molecule has 0 unspecified atom stereocenters. The third-order valence-corrected chi connectivity index (χ3v) is 2.39. The molecule has 0 aliphatic rings. The van der Waals surface area contributed by atoms with Crippen LogP contribution >= 0.6 is 15.9 Å². The number of alkyl halides is 3. The topological polar surface area (TPSA) is 53.1 Å². The van der Waals surface area contributed by atoms with E-state index in [1.807, 2.05) is 4.98 Å². The lowest BCUT2D eigenvalue weighted by Gasteiger charge is -2.06. The van der Waals surface area contributed by atoms with Crippen LogP contribution in [0.25, 0.3) is 0 Å². The second-order valence-corrected chi connectivity index (χ2v) is 3.21. The van der Waals surface area contributed by atoms with Gasteiger partial charge in [-0.25, -0.2) is 8.78 Å². The molecule has 0 aromatic carbocycles. The van der Waals surface area contributed by atoms with Gasteiger partial charge in [0.2, 0.25) is 0 Å². The Morgan fingerprint density at radius 3 is 2.64 bits per heavy atom. The summed E-state index contributed by atoms with van der Waals surface area (Å²) >= 11 is 3.06. The van der Waals surface area contributed by atoms with Gasteiger partial charge in [0.05, 0.1) is 12.3 Å². The lowest BCUT2D eigenvalue weighted by atomic mass is 10.1. The van der Waals surface area contributed by atoms with Crippen molar-refractivity contribution >= 4 is 15.9 Å². The highest BCUT2D eigenvalue weighted by molar-refractivity contribution is 9.08. The molecule has 0 bridgehead atoms. The van der Waals surface area contributed by atoms with Crippen LogP contribution in [0, 0.1) is 0 Å². The molecule has 2 N–H and O–H groups in total. The number of nitrogens with one attached hydrogen (secondary N) is 1. The lowest BCUT2D eigenvalue weighted by Crippen LogP contribution is -2.17. The van der Waals surface area contributed by atoms with E-state index in [0.29, 0.717) is 5.56 Å². The second-order valence-electron chi connectivity index (χ2n) is 2.65. The van der Waals surface area contributed by atoms with Crippen LogP contribution in [0.5, 0.6) is 0 Å². The molecule has 0 saturated heterocycles. The Labute approximate surface area is 86.9 Å². The maximum atomic E-state index is 12.3. The highest BCUT2D eigenvalue weighted by Gasteiger charge is 2.13. The average Bonchev–Trinajstić information content (AvgIpc) is 2.16. The highest BCUT2D eigenvalue weighted by atomic mass is 79.9. The van der Waals surface area contributed by atoms with E-state index in [1.165, 1.54) is 6.07 Å². The number of H-pyrrole nitrogens is 1. The van der Waals surface area contributed by atoms with Crippen LogP contribution in [-0.2, 0) is 11.9 Å². The number of aromatic amines is 1. The van der Waals surface area contributed by atoms with Crippen molar-refractivity contribution in [3.05, 3.63) is 33.2 Å². The lowest BCUT2D eigenvalue weighted by molar-refractivity contribution is 0.145. The number of pyridine rings is 1. The number of hydrogen-bond donors (Lipinski definition) is 2. The van der Waals surface area contributed by atoms with Crippen LogP contribution in [-0.4, -0.2) is 10.1 Å². The predicted octanol–water partition coefficient (Wildman–Crippen LogP) is 1.70. The Morgan fingerprint density at radius 2 is 2.21 bits per heavy atom. The summed E-state index contributed by atoms with van der Waals surface area (Å²) in [6.07, 6.45) is -2.71. The van der Waals surface area contributed by atoms with Crippen molar-refractivity contribution < 1.29 is 13.9 Å². The fourth-order valence-electron chi connectivity index (χ4n) is 1.07. The smallest absolute Gasteiger partial charge is 0.278 e. The molecule has 0 aliphatic carbocycles. The molecule has 0 atom stereocenters. The summed E-state index contributed by atoms with van der Waals surface area (Å²) in [5.41, 5.74) is -0.598. The molecule has 14 heavy (non-hydrogen) atoms. The Bertz CT molecular complexity index is 378. The largest absolute Gasteiger partial charge is 0.391 e. The van der Waals surface area contributed by atoms with Gasteiger partial charge in [0, 0.05) is 10.9 Å². The van der Waals surface area contributed by atoms with Crippen molar-refractivity contribution in [1.82, 2.24) is 4.98 Å². The number of aromatic nitrogens is 1. The molecular weight excluding hydrogens is 260 g/mol. The maximum absolute atomic E-state index is 12.3. The molecule has 78 valence electrons. The van der Waals surface area contributed by atoms with Gasteiger partial charge in [-0.1, -0.05) is 15.9 Å². The van der Waals surface area contributed by atoms with Crippen molar-refractivity contribution in [3.63, 3.8) is 0 Å². The van der Waals surface area contributed by atoms with Gasteiger partial charge in [0.15, 0.2) is 0 Å². The minimum absolute atomic E-state index is 0.117. The van der Waals surface area contributed by atoms with Gasteiger partial charge >= 0.3 is 0 Å². The van der Waals surface area contributed by atoms with Crippen molar-refractivity contribution in [3.8, 4) is 0 Å². The van der Waals surface area contributed by atoms with Crippen molar-refractivity contribution in [2.24, 2.45) is 0 Å². The van der Waals surface area contributed by atoms with E-state index >= 15 is 0 Å². The fraction of sp³-hybridized carbons (Fsp3) is 0.375. The van der Waals surface area contributed by atoms with Crippen LogP contribution in [0.2, 0.25) is 0 Å². The normalized spacial score (nSPS) is 10.9. The first-order valence-electron chi connectivity index (χ1n) is 3.80. The Morgan fingerprint density at radius 1 is 1.57 bits per heavy atom. The molecule has 1 heterocycles. The predicted molar refractivity (Wildman–Crippen MR) is 50.6 cm³/mol. The van der Waals surface area contributed by atoms with Crippen LogP contribution in [0.3, 0.4) is 0 Å². The van der Waals surface area contributed by atoms with E-state index < -0.39 is 24.3 Å². The standard InChI is InChI=1S/C8H8BrF2NO2/c9-2-4-1-6(7(10)11)12-8(14)5(4)3-13/h1,7,13H,2-3H2,(H,12,14). The molecule has 1 rings (SSSR count). The molecule has 0 amide bonds. The van der Waals surface area contributed by atoms with E-state index in [-0.39, 0.29) is 10.9 Å². The second kappa shape index (κ2) is 4.65. The summed E-state index contributed by atoms with van der Waals surface area (Å²) in [5.74, 6) is 0. The molecule has 6 heteroatoms. The van der Waals surface area contributed by atoms with Crippen molar-refractivity contribution in [1.29, 1.82) is 0 Å². The molecule has 0 fully saturated rings. The van der Waals surface area contributed by atoms with E-state index in [1.54, 1.807) is 0 Å². The quantitative estimate of drug-likeness (QED) is 0.820. The van der Waals surface area contributed by atoms with Crippen LogP contribution < -0.4 is 5.56 Å².